The molecule has 0 aliphatic heterocycles. The molecule has 0 aromatic heterocycles. The Morgan fingerprint density at radius 3 is 2.75 bits per heavy atom. The Balaban J connectivity index is 2.45. The number of ether oxygens (including phenoxy) is 1. The number of nitrogens with two attached hydrogens (primary N) is 1. The second kappa shape index (κ2) is 6.51. The van der Waals surface area contributed by atoms with Crippen LogP contribution in [0.1, 0.15) is 18.9 Å². The van der Waals surface area contributed by atoms with Gasteiger partial charge in [0, 0.05) is 25.8 Å². The number of hydrogen-bond donors (Lipinski definition) is 1. The molecule has 0 amide bonds. The lowest BCUT2D eigenvalue weighted by molar-refractivity contribution is 0.107. The van der Waals surface area contributed by atoms with Crippen LogP contribution in [0.15, 0.2) is 24.3 Å². The van der Waals surface area contributed by atoms with E-state index >= 15 is 0 Å². The summed E-state index contributed by atoms with van der Waals surface area (Å²) >= 11 is 0. The van der Waals surface area contributed by atoms with Crippen LogP contribution < -0.4 is 10.6 Å². The van der Waals surface area contributed by atoms with Crippen LogP contribution in [-0.2, 0) is 11.3 Å². The third kappa shape index (κ3) is 4.21. The molecular weight excluding hydrogens is 200 g/mol. The smallest absolute Gasteiger partial charge is 0.0718 e. The first kappa shape index (κ1) is 13.0. The largest absolute Gasteiger partial charge is 0.378 e. The van der Waals surface area contributed by atoms with E-state index < -0.39 is 0 Å². The van der Waals surface area contributed by atoms with Crippen molar-refractivity contribution in [2.45, 2.75) is 26.0 Å². The highest BCUT2D eigenvalue weighted by atomic mass is 16.5. The molecule has 1 atom stereocenters. The van der Waals surface area contributed by atoms with Crippen molar-refractivity contribution >= 4 is 5.69 Å². The molecule has 0 aliphatic rings. The van der Waals surface area contributed by atoms with Crippen molar-refractivity contribution in [3.63, 3.8) is 0 Å². The molecule has 0 spiro atoms. The number of benzene rings is 1. The molecule has 16 heavy (non-hydrogen) atoms. The van der Waals surface area contributed by atoms with Gasteiger partial charge < -0.3 is 15.4 Å². The summed E-state index contributed by atoms with van der Waals surface area (Å²) in [5.74, 6) is 0. The van der Waals surface area contributed by atoms with Crippen molar-refractivity contribution in [1.29, 1.82) is 0 Å². The average Bonchev–Trinajstić information content (AvgIpc) is 2.29. The molecule has 3 nitrogen and oxygen atoms in total. The molecule has 3 heteroatoms. The quantitative estimate of drug-likeness (QED) is 0.800. The van der Waals surface area contributed by atoms with Crippen molar-refractivity contribution in [2.24, 2.45) is 5.73 Å². The highest BCUT2D eigenvalue weighted by Crippen LogP contribution is 2.14. The van der Waals surface area contributed by atoms with E-state index in [0.717, 1.165) is 6.42 Å². The van der Waals surface area contributed by atoms with E-state index in [9.17, 15) is 0 Å². The topological polar surface area (TPSA) is 38.5 Å². The van der Waals surface area contributed by atoms with Gasteiger partial charge in [0.15, 0.2) is 0 Å². The van der Waals surface area contributed by atoms with Crippen LogP contribution in [0.5, 0.6) is 0 Å². The van der Waals surface area contributed by atoms with Crippen molar-refractivity contribution < 1.29 is 4.74 Å². The Kier molecular flexibility index (Phi) is 5.29. The minimum absolute atomic E-state index is 0.150. The van der Waals surface area contributed by atoms with Crippen LogP contribution in [0.4, 0.5) is 5.69 Å². The number of hydrogen-bond acceptors (Lipinski definition) is 3. The van der Waals surface area contributed by atoms with Crippen molar-refractivity contribution in [1.82, 2.24) is 0 Å². The summed E-state index contributed by atoms with van der Waals surface area (Å²) in [6.45, 7) is 3.33. The Morgan fingerprint density at radius 1 is 1.38 bits per heavy atom. The molecule has 1 aromatic rings. The van der Waals surface area contributed by atoms with Crippen LogP contribution in [0.2, 0.25) is 0 Å². The highest BCUT2D eigenvalue weighted by Gasteiger charge is 2.01. The van der Waals surface area contributed by atoms with E-state index in [4.69, 9.17) is 10.5 Å². The first-order valence-corrected chi connectivity index (χ1v) is 5.73. The summed E-state index contributed by atoms with van der Waals surface area (Å²) in [5, 5.41) is 0. The average molecular weight is 222 g/mol. The SMILES string of the molecule is CCC(N)COCc1cccc(N(C)C)c1. The van der Waals surface area contributed by atoms with Crippen LogP contribution in [0, 0.1) is 0 Å². The molecule has 0 radical (unpaired) electrons. The molecule has 0 bridgehead atoms. The molecule has 0 saturated carbocycles. The summed E-state index contributed by atoms with van der Waals surface area (Å²) in [5.41, 5.74) is 8.17. The van der Waals surface area contributed by atoms with Gasteiger partial charge in [-0.25, -0.2) is 0 Å². The number of nitrogens with zero attached hydrogens (tertiary/aromatic N) is 1. The lowest BCUT2D eigenvalue weighted by atomic mass is 10.2. The van der Waals surface area contributed by atoms with E-state index in [-0.39, 0.29) is 6.04 Å². The maximum absolute atomic E-state index is 5.78. The number of rotatable bonds is 6. The first-order chi connectivity index (χ1) is 7.63. The zero-order valence-electron chi connectivity index (χ0n) is 10.4. The maximum Gasteiger partial charge on any atom is 0.0718 e. The molecule has 1 aromatic carbocycles. The molecule has 2 N–H and O–H groups in total. The van der Waals surface area contributed by atoms with Crippen molar-refractivity contribution in [3.8, 4) is 0 Å². The summed E-state index contributed by atoms with van der Waals surface area (Å²) < 4.78 is 5.56. The molecule has 0 saturated heterocycles. The molecule has 1 unspecified atom stereocenters. The minimum Gasteiger partial charge on any atom is -0.378 e. The summed E-state index contributed by atoms with van der Waals surface area (Å²) in [4.78, 5) is 2.08. The van der Waals surface area contributed by atoms with Crippen LogP contribution in [0.3, 0.4) is 0 Å². The molecule has 90 valence electrons. The Bertz CT molecular complexity index is 313. The molecule has 0 heterocycles. The predicted octanol–water partition coefficient (Wildman–Crippen LogP) is 2.01. The fourth-order valence-electron chi connectivity index (χ4n) is 1.37. The standard InChI is InChI=1S/C13H22N2O/c1-4-12(14)10-16-9-11-6-5-7-13(8-11)15(2)3/h5-8,12H,4,9-10,14H2,1-3H3. The zero-order valence-corrected chi connectivity index (χ0v) is 10.4. The van der Waals surface area contributed by atoms with Crippen LogP contribution >= 0.6 is 0 Å². The lowest BCUT2D eigenvalue weighted by Gasteiger charge is -2.14. The highest BCUT2D eigenvalue weighted by molar-refractivity contribution is 5.46. The third-order valence-electron chi connectivity index (χ3n) is 2.55. The minimum atomic E-state index is 0.150. The van der Waals surface area contributed by atoms with Gasteiger partial charge in [0.05, 0.1) is 13.2 Å². The van der Waals surface area contributed by atoms with Crippen LogP contribution in [0.25, 0.3) is 0 Å². The predicted molar refractivity (Wildman–Crippen MR) is 68.7 cm³/mol. The van der Waals surface area contributed by atoms with E-state index in [1.807, 2.05) is 20.2 Å². The molecule has 0 fully saturated rings. The van der Waals surface area contributed by atoms with Gasteiger partial charge in [-0.3, -0.25) is 0 Å². The second-order valence-electron chi connectivity index (χ2n) is 4.25. The molecule has 1 rings (SSSR count). The maximum atomic E-state index is 5.78. The van der Waals surface area contributed by atoms with E-state index in [0.29, 0.717) is 13.2 Å². The summed E-state index contributed by atoms with van der Waals surface area (Å²) in [6.07, 6.45) is 0.956. The first-order valence-electron chi connectivity index (χ1n) is 5.73. The zero-order chi connectivity index (χ0) is 12.0. The molecule has 0 aliphatic carbocycles. The second-order valence-corrected chi connectivity index (χ2v) is 4.25. The van der Waals surface area contributed by atoms with Gasteiger partial charge in [-0.05, 0) is 24.1 Å². The van der Waals surface area contributed by atoms with E-state index in [2.05, 4.69) is 30.0 Å². The van der Waals surface area contributed by atoms with Gasteiger partial charge in [0.25, 0.3) is 0 Å². The fourth-order valence-corrected chi connectivity index (χ4v) is 1.37. The van der Waals surface area contributed by atoms with Gasteiger partial charge in [0.1, 0.15) is 0 Å². The summed E-state index contributed by atoms with van der Waals surface area (Å²) in [6, 6.07) is 8.49. The van der Waals surface area contributed by atoms with Crippen molar-refractivity contribution in [2.75, 3.05) is 25.6 Å². The van der Waals surface area contributed by atoms with Gasteiger partial charge in [-0.15, -0.1) is 0 Å². The summed E-state index contributed by atoms with van der Waals surface area (Å²) in [7, 11) is 4.07. The lowest BCUT2D eigenvalue weighted by Crippen LogP contribution is -2.24. The van der Waals surface area contributed by atoms with Gasteiger partial charge in [0.2, 0.25) is 0 Å². The van der Waals surface area contributed by atoms with Crippen molar-refractivity contribution in [3.05, 3.63) is 29.8 Å². The van der Waals surface area contributed by atoms with Gasteiger partial charge in [-0.2, -0.15) is 0 Å². The third-order valence-corrected chi connectivity index (χ3v) is 2.55. The Hall–Kier alpha value is -1.06. The van der Waals surface area contributed by atoms with Crippen LogP contribution in [-0.4, -0.2) is 26.7 Å². The number of anilines is 1. The van der Waals surface area contributed by atoms with E-state index in [1.165, 1.54) is 11.3 Å². The Morgan fingerprint density at radius 2 is 2.12 bits per heavy atom. The fraction of sp³-hybridized carbons (Fsp3) is 0.538. The van der Waals surface area contributed by atoms with Gasteiger partial charge >= 0.3 is 0 Å². The van der Waals surface area contributed by atoms with Gasteiger partial charge in [-0.1, -0.05) is 19.1 Å². The normalized spacial score (nSPS) is 12.5. The Labute approximate surface area is 98.2 Å². The van der Waals surface area contributed by atoms with E-state index in [1.54, 1.807) is 0 Å². The molecular formula is C13H22N2O. The monoisotopic (exact) mass is 222 g/mol.